The van der Waals surface area contributed by atoms with Crippen LogP contribution in [0, 0.1) is 5.92 Å². The second kappa shape index (κ2) is 8.18. The van der Waals surface area contributed by atoms with E-state index in [1.807, 2.05) is 25.2 Å². The van der Waals surface area contributed by atoms with E-state index in [1.165, 1.54) is 24.8 Å². The van der Waals surface area contributed by atoms with Gasteiger partial charge in [-0.3, -0.25) is 4.79 Å². The molecule has 1 saturated carbocycles. The molecule has 1 fully saturated rings. The van der Waals surface area contributed by atoms with Crippen molar-refractivity contribution in [3.05, 3.63) is 35.9 Å². The molecule has 0 bridgehead atoms. The van der Waals surface area contributed by atoms with Gasteiger partial charge in [-0.1, -0.05) is 36.8 Å². The van der Waals surface area contributed by atoms with Crippen LogP contribution < -0.4 is 10.6 Å². The van der Waals surface area contributed by atoms with Crippen LogP contribution in [-0.2, 0) is 4.79 Å². The van der Waals surface area contributed by atoms with E-state index in [0.717, 1.165) is 6.54 Å². The van der Waals surface area contributed by atoms with Gasteiger partial charge in [-0.25, -0.2) is 0 Å². The molecular formula is C15H23ClN2O. The summed E-state index contributed by atoms with van der Waals surface area (Å²) in [5, 5.41) is 6.20. The van der Waals surface area contributed by atoms with Crippen LogP contribution in [0.4, 0.5) is 0 Å². The largest absolute Gasteiger partial charge is 0.349 e. The van der Waals surface area contributed by atoms with Gasteiger partial charge in [-0.05, 0) is 31.4 Å². The van der Waals surface area contributed by atoms with Crippen LogP contribution in [0.15, 0.2) is 30.3 Å². The number of nitrogens with one attached hydrogen (secondary N) is 2. The average molecular weight is 283 g/mol. The summed E-state index contributed by atoms with van der Waals surface area (Å²) in [4.78, 5) is 11.9. The zero-order valence-corrected chi connectivity index (χ0v) is 12.2. The van der Waals surface area contributed by atoms with Gasteiger partial charge >= 0.3 is 0 Å². The van der Waals surface area contributed by atoms with E-state index in [4.69, 9.17) is 0 Å². The molecule has 2 N–H and O–H groups in total. The Balaban J connectivity index is 0.00000180. The Bertz CT molecular complexity index is 379. The summed E-state index contributed by atoms with van der Waals surface area (Å²) in [6, 6.07) is 10.5. The number of rotatable bonds is 6. The minimum Gasteiger partial charge on any atom is -0.349 e. The molecule has 0 spiro atoms. The number of hydrogen-bond acceptors (Lipinski definition) is 2. The molecule has 4 heteroatoms. The first-order valence-corrected chi connectivity index (χ1v) is 6.80. The maximum atomic E-state index is 11.9. The molecule has 1 aromatic rings. The third kappa shape index (κ3) is 4.51. The fourth-order valence-electron chi connectivity index (χ4n) is 2.39. The summed E-state index contributed by atoms with van der Waals surface area (Å²) in [5.41, 5.74) is 1.24. The Morgan fingerprint density at radius 1 is 1.32 bits per heavy atom. The number of benzene rings is 1. The number of hydrogen-bond donors (Lipinski definition) is 2. The normalized spacial score (nSPS) is 16.1. The van der Waals surface area contributed by atoms with Crippen molar-refractivity contribution in [1.82, 2.24) is 10.6 Å². The lowest BCUT2D eigenvalue weighted by molar-refractivity contribution is -0.122. The van der Waals surface area contributed by atoms with Crippen molar-refractivity contribution in [2.75, 3.05) is 13.6 Å². The molecule has 0 saturated heterocycles. The highest BCUT2D eigenvalue weighted by Gasteiger charge is 2.29. The molecule has 106 valence electrons. The van der Waals surface area contributed by atoms with E-state index in [-0.39, 0.29) is 24.4 Å². The van der Waals surface area contributed by atoms with Gasteiger partial charge in [0, 0.05) is 13.0 Å². The summed E-state index contributed by atoms with van der Waals surface area (Å²) < 4.78 is 0. The quantitative estimate of drug-likeness (QED) is 0.842. The van der Waals surface area contributed by atoms with Crippen LogP contribution in [-0.4, -0.2) is 19.5 Å². The van der Waals surface area contributed by atoms with E-state index >= 15 is 0 Å². The highest BCUT2D eigenvalue weighted by atomic mass is 35.5. The van der Waals surface area contributed by atoms with Gasteiger partial charge in [0.15, 0.2) is 0 Å². The molecule has 1 unspecified atom stereocenters. The fourth-order valence-corrected chi connectivity index (χ4v) is 2.39. The van der Waals surface area contributed by atoms with Crippen LogP contribution in [0.1, 0.15) is 37.3 Å². The van der Waals surface area contributed by atoms with Gasteiger partial charge in [0.2, 0.25) is 5.91 Å². The Morgan fingerprint density at radius 2 is 2.00 bits per heavy atom. The summed E-state index contributed by atoms with van der Waals surface area (Å²) in [6.45, 7) is 0.734. The Morgan fingerprint density at radius 3 is 2.53 bits per heavy atom. The van der Waals surface area contributed by atoms with Crippen molar-refractivity contribution in [2.24, 2.45) is 5.92 Å². The average Bonchev–Trinajstić information content (AvgIpc) is 2.34. The van der Waals surface area contributed by atoms with E-state index in [0.29, 0.717) is 12.3 Å². The molecule has 0 aromatic heterocycles. The summed E-state index contributed by atoms with van der Waals surface area (Å²) in [7, 11) is 1.87. The number of halogens is 1. The molecule has 3 nitrogen and oxygen atoms in total. The molecule has 0 aliphatic heterocycles. The van der Waals surface area contributed by atoms with Gasteiger partial charge in [0.1, 0.15) is 0 Å². The van der Waals surface area contributed by atoms with Gasteiger partial charge in [0.05, 0.1) is 6.04 Å². The lowest BCUT2D eigenvalue weighted by Gasteiger charge is -2.34. The number of carbonyl (C=O) groups excluding carboxylic acids is 1. The molecular weight excluding hydrogens is 260 g/mol. The summed E-state index contributed by atoms with van der Waals surface area (Å²) in [6.07, 6.45) is 4.30. The van der Waals surface area contributed by atoms with Crippen molar-refractivity contribution < 1.29 is 4.79 Å². The first-order valence-electron chi connectivity index (χ1n) is 6.80. The van der Waals surface area contributed by atoms with E-state index in [1.54, 1.807) is 0 Å². The Kier molecular flexibility index (Phi) is 6.89. The first-order chi connectivity index (χ1) is 8.81. The third-order valence-electron chi connectivity index (χ3n) is 3.70. The van der Waals surface area contributed by atoms with Crippen molar-refractivity contribution in [3.63, 3.8) is 0 Å². The second-order valence-corrected chi connectivity index (χ2v) is 5.00. The zero-order chi connectivity index (χ0) is 12.8. The van der Waals surface area contributed by atoms with Gasteiger partial charge in [-0.15, -0.1) is 12.4 Å². The molecule has 1 atom stereocenters. The van der Waals surface area contributed by atoms with E-state index in [9.17, 15) is 4.79 Å². The maximum Gasteiger partial charge on any atom is 0.221 e. The monoisotopic (exact) mass is 282 g/mol. The van der Waals surface area contributed by atoms with Gasteiger partial charge in [0.25, 0.3) is 0 Å². The molecule has 1 aromatic carbocycles. The molecule has 1 aliphatic carbocycles. The van der Waals surface area contributed by atoms with E-state index < -0.39 is 0 Å². The number of amides is 1. The van der Waals surface area contributed by atoms with Gasteiger partial charge < -0.3 is 10.6 Å². The molecule has 2 rings (SSSR count). The highest BCUT2D eigenvalue weighted by Crippen LogP contribution is 2.37. The molecule has 0 radical (unpaired) electrons. The van der Waals surface area contributed by atoms with Crippen molar-refractivity contribution in [1.29, 1.82) is 0 Å². The molecule has 0 heterocycles. The summed E-state index contributed by atoms with van der Waals surface area (Å²) >= 11 is 0. The first kappa shape index (κ1) is 16.0. The minimum atomic E-state index is 0. The smallest absolute Gasteiger partial charge is 0.221 e. The lowest BCUT2D eigenvalue weighted by atomic mass is 9.77. The lowest BCUT2D eigenvalue weighted by Crippen LogP contribution is -2.37. The van der Waals surface area contributed by atoms with Crippen LogP contribution in [0.2, 0.25) is 0 Å². The fraction of sp³-hybridized carbons (Fsp3) is 0.533. The number of carbonyl (C=O) groups is 1. The van der Waals surface area contributed by atoms with Crippen molar-refractivity contribution in [3.8, 4) is 0 Å². The predicted molar refractivity (Wildman–Crippen MR) is 80.5 cm³/mol. The van der Waals surface area contributed by atoms with E-state index in [2.05, 4.69) is 22.8 Å². The summed E-state index contributed by atoms with van der Waals surface area (Å²) in [5.74, 6) is 0.760. The standard InChI is InChI=1S/C15H22N2O.ClH/c1-16-11-10-14(18)17-15(13-8-5-9-13)12-6-3-2-4-7-12;/h2-4,6-7,13,15-16H,5,8-11H2,1H3,(H,17,18);1H. The topological polar surface area (TPSA) is 41.1 Å². The predicted octanol–water partition coefficient (Wildman–Crippen LogP) is 2.68. The Hall–Kier alpha value is -1.06. The van der Waals surface area contributed by atoms with Crippen molar-refractivity contribution in [2.45, 2.75) is 31.7 Å². The molecule has 1 amide bonds. The van der Waals surface area contributed by atoms with Gasteiger partial charge in [-0.2, -0.15) is 0 Å². The molecule has 1 aliphatic rings. The SMILES string of the molecule is CNCCC(=O)NC(c1ccccc1)C1CCC1.Cl. The van der Waals surface area contributed by atoms with Crippen LogP contribution >= 0.6 is 12.4 Å². The van der Waals surface area contributed by atoms with Crippen LogP contribution in [0.5, 0.6) is 0 Å². The Labute approximate surface area is 121 Å². The minimum absolute atomic E-state index is 0. The van der Waals surface area contributed by atoms with Crippen LogP contribution in [0.25, 0.3) is 0 Å². The van der Waals surface area contributed by atoms with Crippen molar-refractivity contribution >= 4 is 18.3 Å². The second-order valence-electron chi connectivity index (χ2n) is 5.00. The third-order valence-corrected chi connectivity index (χ3v) is 3.70. The maximum absolute atomic E-state index is 11.9. The van der Waals surface area contributed by atoms with Crippen LogP contribution in [0.3, 0.4) is 0 Å². The zero-order valence-electron chi connectivity index (χ0n) is 11.4. The molecule has 19 heavy (non-hydrogen) atoms. The highest BCUT2D eigenvalue weighted by molar-refractivity contribution is 5.85.